The van der Waals surface area contributed by atoms with Gasteiger partial charge >= 0.3 is 0 Å². The zero-order chi connectivity index (χ0) is 18.5. The van der Waals surface area contributed by atoms with Crippen LogP contribution in [0.4, 0.5) is 0 Å². The van der Waals surface area contributed by atoms with Crippen LogP contribution in [0.1, 0.15) is 5.56 Å². The van der Waals surface area contributed by atoms with E-state index >= 15 is 0 Å². The maximum absolute atomic E-state index is 5.70. The van der Waals surface area contributed by atoms with Gasteiger partial charge in [-0.3, -0.25) is 0 Å². The van der Waals surface area contributed by atoms with Crippen molar-refractivity contribution in [3.63, 3.8) is 0 Å². The Morgan fingerprint density at radius 2 is 1.88 bits per heavy atom. The molecule has 1 aromatic heterocycles. The summed E-state index contributed by atoms with van der Waals surface area (Å²) in [6.45, 7) is 1.48. The van der Waals surface area contributed by atoms with Crippen molar-refractivity contribution in [3.05, 3.63) is 58.9 Å². The van der Waals surface area contributed by atoms with E-state index in [1.54, 1.807) is 25.0 Å². The Hall–Kier alpha value is -2.64. The summed E-state index contributed by atoms with van der Waals surface area (Å²) in [7, 11) is 5.30. The SMILES string of the molecule is COc1ccc(-c2nn(C[NH+](C)Cc3ccccc3)c(=S)o2)c(OC)c1. The quantitative estimate of drug-likeness (QED) is 0.646. The first kappa shape index (κ1) is 18.2. The Balaban J connectivity index is 1.80. The number of hydrogen-bond acceptors (Lipinski definition) is 5. The van der Waals surface area contributed by atoms with E-state index in [1.807, 2.05) is 30.3 Å². The average Bonchev–Trinajstić information content (AvgIpc) is 3.02. The van der Waals surface area contributed by atoms with E-state index in [1.165, 1.54) is 10.5 Å². The van der Waals surface area contributed by atoms with Crippen LogP contribution < -0.4 is 14.4 Å². The molecule has 0 saturated heterocycles. The van der Waals surface area contributed by atoms with E-state index in [4.69, 9.17) is 26.1 Å². The minimum atomic E-state index is 0.338. The van der Waals surface area contributed by atoms with Crippen LogP contribution in [0.2, 0.25) is 0 Å². The molecule has 0 aliphatic rings. The lowest BCUT2D eigenvalue weighted by molar-refractivity contribution is -0.917. The van der Waals surface area contributed by atoms with E-state index < -0.39 is 0 Å². The van der Waals surface area contributed by atoms with Crippen LogP contribution in [-0.2, 0) is 13.2 Å². The largest absolute Gasteiger partial charge is 0.497 e. The highest BCUT2D eigenvalue weighted by atomic mass is 32.1. The molecule has 1 N–H and O–H groups in total. The second-order valence-electron chi connectivity index (χ2n) is 6.02. The summed E-state index contributed by atoms with van der Waals surface area (Å²) in [6, 6.07) is 15.8. The van der Waals surface area contributed by atoms with E-state index in [0.717, 1.165) is 12.1 Å². The Morgan fingerprint density at radius 1 is 1.12 bits per heavy atom. The molecule has 0 bridgehead atoms. The van der Waals surface area contributed by atoms with Gasteiger partial charge in [-0.1, -0.05) is 30.3 Å². The smallest absolute Gasteiger partial charge is 0.292 e. The first-order valence-electron chi connectivity index (χ1n) is 8.26. The summed E-state index contributed by atoms with van der Waals surface area (Å²) < 4.78 is 18.0. The molecule has 3 aromatic rings. The van der Waals surface area contributed by atoms with Crippen molar-refractivity contribution in [2.45, 2.75) is 13.2 Å². The van der Waals surface area contributed by atoms with Gasteiger partial charge in [0.1, 0.15) is 18.0 Å². The van der Waals surface area contributed by atoms with Crippen molar-refractivity contribution in [2.24, 2.45) is 0 Å². The van der Waals surface area contributed by atoms with Crippen LogP contribution in [0.5, 0.6) is 11.5 Å². The highest BCUT2D eigenvalue weighted by Crippen LogP contribution is 2.32. The van der Waals surface area contributed by atoms with Gasteiger partial charge in [0.05, 0.1) is 26.8 Å². The minimum absolute atomic E-state index is 0.338. The zero-order valence-corrected chi connectivity index (χ0v) is 15.9. The van der Waals surface area contributed by atoms with Crippen molar-refractivity contribution in [1.29, 1.82) is 0 Å². The van der Waals surface area contributed by atoms with Crippen molar-refractivity contribution < 1.29 is 18.8 Å². The Labute approximate surface area is 157 Å². The monoisotopic (exact) mass is 372 g/mol. The number of nitrogens with one attached hydrogen (secondary N) is 1. The summed E-state index contributed by atoms with van der Waals surface area (Å²) in [5.74, 6) is 1.76. The maximum Gasteiger partial charge on any atom is 0.292 e. The van der Waals surface area contributed by atoms with Gasteiger partial charge in [-0.15, -0.1) is 5.10 Å². The second kappa shape index (κ2) is 8.16. The molecule has 6 nitrogen and oxygen atoms in total. The Bertz CT molecular complexity index is 921. The first-order valence-corrected chi connectivity index (χ1v) is 8.67. The standard InChI is InChI=1S/C19H21N3O3S/c1-21(12-14-7-5-4-6-8-14)13-22-19(26)25-18(20-22)16-10-9-15(23-2)11-17(16)24-3/h4-11H,12-13H2,1-3H3/p+1. The van der Waals surface area contributed by atoms with Crippen LogP contribution in [0.15, 0.2) is 52.9 Å². The fourth-order valence-corrected chi connectivity index (χ4v) is 2.93. The van der Waals surface area contributed by atoms with Crippen LogP contribution in [-0.4, -0.2) is 31.0 Å². The molecule has 0 saturated carbocycles. The molecule has 1 heterocycles. The number of nitrogens with zero attached hydrogens (tertiary/aromatic N) is 2. The fourth-order valence-electron chi connectivity index (χ4n) is 2.75. The lowest BCUT2D eigenvalue weighted by atomic mass is 10.2. The van der Waals surface area contributed by atoms with Crippen molar-refractivity contribution >= 4 is 12.2 Å². The molecule has 1 atom stereocenters. The number of benzene rings is 2. The molecule has 0 spiro atoms. The maximum atomic E-state index is 5.70. The molecule has 136 valence electrons. The topological polar surface area (TPSA) is 53.9 Å². The van der Waals surface area contributed by atoms with Crippen LogP contribution in [0.25, 0.3) is 11.5 Å². The van der Waals surface area contributed by atoms with Gasteiger partial charge in [-0.05, 0) is 24.4 Å². The number of rotatable bonds is 7. The first-order chi connectivity index (χ1) is 12.6. The highest BCUT2D eigenvalue weighted by Gasteiger charge is 2.16. The second-order valence-corrected chi connectivity index (χ2v) is 6.37. The highest BCUT2D eigenvalue weighted by molar-refractivity contribution is 7.71. The summed E-state index contributed by atoms with van der Waals surface area (Å²) in [4.78, 5) is 1.58. The van der Waals surface area contributed by atoms with E-state index in [0.29, 0.717) is 28.9 Å². The molecule has 0 aliphatic carbocycles. The molecule has 0 amide bonds. The normalized spacial score (nSPS) is 12.0. The van der Waals surface area contributed by atoms with Crippen molar-refractivity contribution in [2.75, 3.05) is 21.3 Å². The third-order valence-corrected chi connectivity index (χ3v) is 4.31. The summed E-state index contributed by atoms with van der Waals surface area (Å²) in [6.07, 6.45) is 0. The molecule has 3 rings (SSSR count). The molecule has 7 heteroatoms. The molecule has 2 aromatic carbocycles. The average molecular weight is 372 g/mol. The molecular formula is C19H22N3O3S+. The van der Waals surface area contributed by atoms with Gasteiger partial charge in [0.15, 0.2) is 6.67 Å². The van der Waals surface area contributed by atoms with Gasteiger partial charge in [0.2, 0.25) is 0 Å². The summed E-state index contributed by atoms with van der Waals surface area (Å²) >= 11 is 5.34. The van der Waals surface area contributed by atoms with Crippen LogP contribution in [0, 0.1) is 4.84 Å². The van der Waals surface area contributed by atoms with Crippen molar-refractivity contribution in [3.8, 4) is 23.0 Å². The zero-order valence-electron chi connectivity index (χ0n) is 15.1. The predicted octanol–water partition coefficient (Wildman–Crippen LogP) is 2.56. The van der Waals surface area contributed by atoms with Gasteiger partial charge in [-0.25, -0.2) is 0 Å². The van der Waals surface area contributed by atoms with E-state index in [9.17, 15) is 0 Å². The molecule has 26 heavy (non-hydrogen) atoms. The number of hydrogen-bond donors (Lipinski definition) is 1. The minimum Gasteiger partial charge on any atom is -0.497 e. The molecule has 0 fully saturated rings. The molecule has 1 unspecified atom stereocenters. The third kappa shape index (κ3) is 4.12. The molecule has 0 radical (unpaired) electrons. The number of ether oxygens (including phenoxy) is 2. The Kier molecular flexibility index (Phi) is 5.70. The van der Waals surface area contributed by atoms with Gasteiger partial charge in [-0.2, -0.15) is 4.68 Å². The fraction of sp³-hybridized carbons (Fsp3) is 0.263. The molecule has 0 aliphatic heterocycles. The lowest BCUT2D eigenvalue weighted by Gasteiger charge is -2.13. The third-order valence-electron chi connectivity index (χ3n) is 4.01. The van der Waals surface area contributed by atoms with Crippen molar-refractivity contribution in [1.82, 2.24) is 9.78 Å². The van der Waals surface area contributed by atoms with Gasteiger partial charge in [0.25, 0.3) is 10.7 Å². The summed E-state index contributed by atoms with van der Waals surface area (Å²) in [5.41, 5.74) is 2.00. The van der Waals surface area contributed by atoms with Crippen LogP contribution in [0.3, 0.4) is 0 Å². The van der Waals surface area contributed by atoms with E-state index in [2.05, 4.69) is 24.3 Å². The predicted molar refractivity (Wildman–Crippen MR) is 101 cm³/mol. The van der Waals surface area contributed by atoms with Crippen LogP contribution >= 0.6 is 12.2 Å². The lowest BCUT2D eigenvalue weighted by Crippen LogP contribution is -3.07. The molecular weight excluding hydrogens is 350 g/mol. The number of aromatic nitrogens is 2. The Morgan fingerprint density at radius 3 is 2.58 bits per heavy atom. The number of methoxy groups -OCH3 is 2. The van der Waals surface area contributed by atoms with Gasteiger partial charge in [0, 0.05) is 11.6 Å². The van der Waals surface area contributed by atoms with E-state index in [-0.39, 0.29) is 0 Å². The number of quaternary nitrogens is 1. The van der Waals surface area contributed by atoms with Gasteiger partial charge < -0.3 is 18.8 Å². The summed E-state index contributed by atoms with van der Waals surface area (Å²) in [5, 5.41) is 4.53.